The van der Waals surface area contributed by atoms with Crippen molar-refractivity contribution < 1.29 is 18.0 Å². The van der Waals surface area contributed by atoms with E-state index in [1.165, 1.54) is 0 Å². The number of hydrogen-bond acceptors (Lipinski definition) is 6. The van der Waals surface area contributed by atoms with Crippen LogP contribution in [-0.2, 0) is 11.0 Å². The van der Waals surface area contributed by atoms with Crippen LogP contribution in [0.2, 0.25) is 0 Å². The zero-order valence-corrected chi connectivity index (χ0v) is 17.1. The van der Waals surface area contributed by atoms with Gasteiger partial charge in [-0.2, -0.15) is 22.7 Å². The molecule has 0 spiro atoms. The van der Waals surface area contributed by atoms with Crippen molar-refractivity contribution >= 4 is 17.5 Å². The second-order valence-electron chi connectivity index (χ2n) is 8.09. The minimum absolute atomic E-state index is 0.0450. The molecule has 1 unspecified atom stereocenters. The van der Waals surface area contributed by atoms with Gasteiger partial charge in [0.2, 0.25) is 5.91 Å². The van der Waals surface area contributed by atoms with Crippen molar-refractivity contribution in [3.8, 4) is 0 Å². The fraction of sp³-hybridized carbons (Fsp3) is 0.684. The van der Waals surface area contributed by atoms with Gasteiger partial charge in [0.25, 0.3) is 11.6 Å². The number of carbonyl (C=O) groups is 1. The number of anilines is 1. The minimum atomic E-state index is -4.63. The van der Waals surface area contributed by atoms with E-state index in [4.69, 9.17) is 0 Å². The first-order valence-corrected chi connectivity index (χ1v) is 10.3. The number of alkyl halides is 3. The summed E-state index contributed by atoms with van der Waals surface area (Å²) in [6.45, 7) is 6.02. The molecule has 3 heterocycles. The highest BCUT2D eigenvalue weighted by Crippen LogP contribution is 2.28. The fourth-order valence-corrected chi connectivity index (χ4v) is 4.21. The van der Waals surface area contributed by atoms with E-state index in [0.717, 1.165) is 30.2 Å². The number of hydrogen-bond donors (Lipinski definition) is 1. The third kappa shape index (κ3) is 4.21. The standard InChI is InChI=1S/C19H26F3N7O/c1-12-11-15(29-18(23-12)25-17(26-29)19(20,21)22)28-9-7-27(8-10-28)13(2)16(30)24-14-5-3-4-6-14/h11,13-14H,3-10H2,1-2H3,(H,24,30). The highest BCUT2D eigenvalue weighted by molar-refractivity contribution is 5.81. The molecule has 1 atom stereocenters. The molecule has 0 bridgehead atoms. The maximum absolute atomic E-state index is 13.0. The second-order valence-corrected chi connectivity index (χ2v) is 8.09. The second kappa shape index (κ2) is 8.01. The van der Waals surface area contributed by atoms with E-state index >= 15 is 0 Å². The molecule has 2 fully saturated rings. The third-order valence-corrected chi connectivity index (χ3v) is 5.94. The number of fused-ring (bicyclic) bond motifs is 1. The summed E-state index contributed by atoms with van der Waals surface area (Å²) >= 11 is 0. The Labute approximate surface area is 172 Å². The molecule has 0 aromatic carbocycles. The Morgan fingerprint density at radius 3 is 2.47 bits per heavy atom. The predicted octanol–water partition coefficient (Wildman–Crippen LogP) is 2.02. The predicted molar refractivity (Wildman–Crippen MR) is 104 cm³/mol. The minimum Gasteiger partial charge on any atom is -0.354 e. The molecule has 2 aromatic rings. The average Bonchev–Trinajstić information content (AvgIpc) is 3.36. The molecular weight excluding hydrogens is 399 g/mol. The lowest BCUT2D eigenvalue weighted by Crippen LogP contribution is -2.55. The first-order valence-electron chi connectivity index (χ1n) is 10.3. The molecule has 30 heavy (non-hydrogen) atoms. The van der Waals surface area contributed by atoms with Crippen LogP contribution in [0, 0.1) is 6.92 Å². The maximum Gasteiger partial charge on any atom is 0.453 e. The number of halogens is 3. The molecule has 2 aliphatic rings. The summed E-state index contributed by atoms with van der Waals surface area (Å²) in [6, 6.07) is 1.76. The number of nitrogens with zero attached hydrogens (tertiary/aromatic N) is 6. The average molecular weight is 425 g/mol. The molecule has 0 radical (unpaired) electrons. The van der Waals surface area contributed by atoms with Gasteiger partial charge in [0.05, 0.1) is 6.04 Å². The van der Waals surface area contributed by atoms with Crippen LogP contribution in [0.25, 0.3) is 5.78 Å². The smallest absolute Gasteiger partial charge is 0.354 e. The Hall–Kier alpha value is -2.43. The summed E-state index contributed by atoms with van der Waals surface area (Å²) < 4.78 is 40.3. The summed E-state index contributed by atoms with van der Waals surface area (Å²) in [5.74, 6) is -0.687. The van der Waals surface area contributed by atoms with Crippen molar-refractivity contribution in [2.24, 2.45) is 0 Å². The topological polar surface area (TPSA) is 78.7 Å². The fourth-order valence-electron chi connectivity index (χ4n) is 4.21. The van der Waals surface area contributed by atoms with Crippen molar-refractivity contribution in [3.05, 3.63) is 17.6 Å². The largest absolute Gasteiger partial charge is 0.453 e. The van der Waals surface area contributed by atoms with Gasteiger partial charge in [0, 0.05) is 44.0 Å². The Balaban J connectivity index is 1.45. The van der Waals surface area contributed by atoms with Gasteiger partial charge in [0.15, 0.2) is 0 Å². The Morgan fingerprint density at radius 2 is 1.83 bits per heavy atom. The van der Waals surface area contributed by atoms with Crippen LogP contribution >= 0.6 is 0 Å². The van der Waals surface area contributed by atoms with E-state index in [1.807, 2.05) is 11.8 Å². The van der Waals surface area contributed by atoms with Gasteiger partial charge in [-0.3, -0.25) is 9.69 Å². The number of aryl methyl sites for hydroxylation is 1. The van der Waals surface area contributed by atoms with E-state index in [1.54, 1.807) is 13.0 Å². The summed E-state index contributed by atoms with van der Waals surface area (Å²) in [7, 11) is 0. The Bertz CT molecular complexity index is 915. The molecular formula is C19H26F3N7O. The molecule has 4 rings (SSSR count). The quantitative estimate of drug-likeness (QED) is 0.808. The molecule has 2 aromatic heterocycles. The highest BCUT2D eigenvalue weighted by atomic mass is 19.4. The lowest BCUT2D eigenvalue weighted by atomic mass is 10.2. The van der Waals surface area contributed by atoms with E-state index < -0.39 is 12.0 Å². The van der Waals surface area contributed by atoms with Crippen molar-refractivity contribution in [2.75, 3.05) is 31.1 Å². The lowest BCUT2D eigenvalue weighted by molar-refractivity contribution is -0.144. The van der Waals surface area contributed by atoms with Gasteiger partial charge < -0.3 is 10.2 Å². The first-order chi connectivity index (χ1) is 14.2. The van der Waals surface area contributed by atoms with E-state index in [2.05, 4.69) is 25.3 Å². The molecule has 1 aliphatic carbocycles. The van der Waals surface area contributed by atoms with Gasteiger partial charge in [-0.25, -0.2) is 4.98 Å². The number of carbonyl (C=O) groups excluding carboxylic acids is 1. The molecule has 1 N–H and O–H groups in total. The monoisotopic (exact) mass is 425 g/mol. The molecule has 1 aliphatic heterocycles. The van der Waals surface area contributed by atoms with Crippen LogP contribution in [0.1, 0.15) is 44.1 Å². The maximum atomic E-state index is 13.0. The van der Waals surface area contributed by atoms with Crippen LogP contribution in [-0.4, -0.2) is 68.7 Å². The highest BCUT2D eigenvalue weighted by Gasteiger charge is 2.37. The van der Waals surface area contributed by atoms with Crippen LogP contribution in [0.3, 0.4) is 0 Å². The van der Waals surface area contributed by atoms with Crippen molar-refractivity contribution in [2.45, 2.75) is 57.8 Å². The van der Waals surface area contributed by atoms with Crippen LogP contribution in [0.15, 0.2) is 6.07 Å². The van der Waals surface area contributed by atoms with Crippen molar-refractivity contribution in [1.29, 1.82) is 0 Å². The number of aromatic nitrogens is 4. The first kappa shape index (κ1) is 20.8. The number of nitrogens with one attached hydrogen (secondary N) is 1. The van der Waals surface area contributed by atoms with E-state index in [-0.39, 0.29) is 23.8 Å². The molecule has 164 valence electrons. The lowest BCUT2D eigenvalue weighted by Gasteiger charge is -2.38. The van der Waals surface area contributed by atoms with Crippen LogP contribution in [0.5, 0.6) is 0 Å². The van der Waals surface area contributed by atoms with Gasteiger partial charge in [-0.05, 0) is 26.7 Å². The van der Waals surface area contributed by atoms with Crippen LogP contribution < -0.4 is 10.2 Å². The van der Waals surface area contributed by atoms with E-state index in [0.29, 0.717) is 37.7 Å². The Kier molecular flexibility index (Phi) is 5.56. The van der Waals surface area contributed by atoms with E-state index in [9.17, 15) is 18.0 Å². The van der Waals surface area contributed by atoms with Gasteiger partial charge in [-0.15, -0.1) is 5.10 Å². The third-order valence-electron chi connectivity index (χ3n) is 5.94. The SMILES string of the molecule is Cc1cc(N2CCN(C(C)C(=O)NC3CCCC3)CC2)n2nc(C(F)(F)F)nc2n1. The zero-order chi connectivity index (χ0) is 21.5. The van der Waals surface area contributed by atoms with Gasteiger partial charge in [0.1, 0.15) is 5.82 Å². The molecule has 8 nitrogen and oxygen atoms in total. The van der Waals surface area contributed by atoms with Crippen molar-refractivity contribution in [3.63, 3.8) is 0 Å². The number of piperazine rings is 1. The van der Waals surface area contributed by atoms with Crippen LogP contribution in [0.4, 0.5) is 19.0 Å². The number of amides is 1. The normalized spacial score (nSPS) is 20.1. The molecule has 1 amide bonds. The number of rotatable bonds is 4. The molecule has 1 saturated carbocycles. The summed E-state index contributed by atoms with van der Waals surface area (Å²) in [5, 5.41) is 6.77. The molecule has 11 heteroatoms. The molecule has 1 saturated heterocycles. The van der Waals surface area contributed by atoms with Gasteiger partial charge in [-0.1, -0.05) is 12.8 Å². The zero-order valence-electron chi connectivity index (χ0n) is 17.1. The summed E-state index contributed by atoms with van der Waals surface area (Å²) in [6.07, 6.45) is -0.213. The summed E-state index contributed by atoms with van der Waals surface area (Å²) in [4.78, 5) is 24.3. The van der Waals surface area contributed by atoms with Crippen molar-refractivity contribution in [1.82, 2.24) is 29.8 Å². The summed E-state index contributed by atoms with van der Waals surface area (Å²) in [5.41, 5.74) is 0.574. The Morgan fingerprint density at radius 1 is 1.17 bits per heavy atom. The van der Waals surface area contributed by atoms with Gasteiger partial charge >= 0.3 is 6.18 Å².